The van der Waals surface area contributed by atoms with Crippen LogP contribution < -0.4 is 32.2 Å². The van der Waals surface area contributed by atoms with E-state index in [1.807, 2.05) is 0 Å². The minimum Gasteiger partial charge on any atom is -0.310 e. The first-order valence-electron chi connectivity index (χ1n) is 23.2. The fraction of sp³-hybridized carbons (Fsp3) is 0.0169. The molecule has 0 atom stereocenters. The predicted octanol–water partition coefficient (Wildman–Crippen LogP) is 6.73. The van der Waals surface area contributed by atoms with Gasteiger partial charge in [-0.15, -0.1) is 16.4 Å². The first kappa shape index (κ1) is 39.9. The van der Waals surface area contributed by atoms with Crippen LogP contribution in [0.3, 0.4) is 0 Å². The largest absolute Gasteiger partial charge is 0.310 e. The highest BCUT2D eigenvalue weighted by Gasteiger charge is 2.47. The fourth-order valence-corrected chi connectivity index (χ4v) is 11.5. The molecule has 7 heteroatoms. The van der Waals surface area contributed by atoms with Crippen LogP contribution in [-0.4, -0.2) is 43.8 Å². The molecule has 0 aliphatic heterocycles. The molecule has 0 saturated carbocycles. The summed E-state index contributed by atoms with van der Waals surface area (Å²) < 4.78 is 2.43. The Labute approximate surface area is 391 Å². The maximum absolute atomic E-state index is 2.51. The van der Waals surface area contributed by atoms with Crippen LogP contribution in [0.4, 0.5) is 17.1 Å². The van der Waals surface area contributed by atoms with E-state index >= 15 is 0 Å². The highest BCUT2D eigenvalue weighted by Crippen LogP contribution is 2.58. The molecule has 1 aliphatic carbocycles. The zero-order valence-corrected chi connectivity index (χ0v) is 38.1. The van der Waals surface area contributed by atoms with Gasteiger partial charge in [0, 0.05) is 27.8 Å². The van der Waals surface area contributed by atoms with Gasteiger partial charge in [-0.1, -0.05) is 169 Å². The van der Waals surface area contributed by atoms with Crippen molar-refractivity contribution in [1.29, 1.82) is 0 Å². The zero-order valence-electron chi connectivity index (χ0n) is 38.1. The number of rotatable bonds is 7. The molecular weight excluding hydrogens is 791 g/mol. The summed E-state index contributed by atoms with van der Waals surface area (Å²) in [5, 5.41) is 4.90. The lowest BCUT2D eigenvalue weighted by Crippen LogP contribution is -2.55. The zero-order chi connectivity index (χ0) is 44.7. The molecule has 2 nitrogen and oxygen atoms in total. The van der Waals surface area contributed by atoms with Crippen LogP contribution in [0.15, 0.2) is 212 Å². The van der Waals surface area contributed by atoms with Crippen molar-refractivity contribution in [1.82, 2.24) is 4.57 Å². The summed E-state index contributed by atoms with van der Waals surface area (Å²) in [5.41, 5.74) is 23.3. The van der Waals surface area contributed by atoms with E-state index in [0.717, 1.165) is 22.7 Å². The second kappa shape index (κ2) is 15.5. The number of hydrogen-bond donors (Lipinski definition) is 0. The maximum Gasteiger partial charge on any atom is 0.139 e. The molecule has 0 bridgehead atoms. The summed E-state index contributed by atoms with van der Waals surface area (Å²) >= 11 is 0. The van der Waals surface area contributed by atoms with E-state index in [4.69, 9.17) is 0 Å². The first-order chi connectivity index (χ1) is 32.3. The predicted molar refractivity (Wildman–Crippen MR) is 297 cm³/mol. The van der Waals surface area contributed by atoms with Crippen molar-refractivity contribution in [2.75, 3.05) is 4.90 Å². The molecule has 12 rings (SSSR count). The van der Waals surface area contributed by atoms with Gasteiger partial charge in [-0.05, 0) is 110 Å². The fourth-order valence-electron chi connectivity index (χ4n) is 11.5. The summed E-state index contributed by atoms with van der Waals surface area (Å²) in [6.45, 7) is 0. The number of aromatic nitrogens is 1. The van der Waals surface area contributed by atoms with E-state index in [2.05, 4.69) is 261 Å². The monoisotopic (exact) mass is 836 g/mol. The molecule has 0 fully saturated rings. The van der Waals surface area contributed by atoms with E-state index in [0.29, 0.717) is 0 Å². The molecule has 11 aromatic rings. The minimum atomic E-state index is -0.593. The number of fused-ring (bicyclic) bond motifs is 7. The molecular formula is C59H45B5N2. The number of para-hydroxylation sites is 2. The van der Waals surface area contributed by atoms with Crippen molar-refractivity contribution in [2.24, 2.45) is 0 Å². The second-order valence-corrected chi connectivity index (χ2v) is 18.2. The third kappa shape index (κ3) is 5.89. The van der Waals surface area contributed by atoms with Crippen LogP contribution in [-0.2, 0) is 5.41 Å². The summed E-state index contributed by atoms with van der Waals surface area (Å²) in [4.78, 5) is 2.51. The van der Waals surface area contributed by atoms with Gasteiger partial charge < -0.3 is 9.47 Å². The van der Waals surface area contributed by atoms with Crippen molar-refractivity contribution in [3.63, 3.8) is 0 Å². The number of anilines is 3. The molecule has 306 valence electrons. The average Bonchev–Trinajstić information content (AvgIpc) is 3.86. The second-order valence-electron chi connectivity index (χ2n) is 18.2. The lowest BCUT2D eigenvalue weighted by Gasteiger charge is -2.38. The van der Waals surface area contributed by atoms with Gasteiger partial charge in [0.05, 0.1) is 22.1 Å². The van der Waals surface area contributed by atoms with E-state index in [-0.39, 0.29) is 0 Å². The molecule has 0 unspecified atom stereocenters. The number of hydrogen-bond acceptors (Lipinski definition) is 1. The van der Waals surface area contributed by atoms with Crippen LogP contribution in [0.25, 0.3) is 60.5 Å². The maximum atomic E-state index is 2.51. The third-order valence-corrected chi connectivity index (χ3v) is 15.0. The third-order valence-electron chi connectivity index (χ3n) is 15.0. The Kier molecular flexibility index (Phi) is 9.40. The Bertz CT molecular complexity index is 3650. The van der Waals surface area contributed by atoms with Crippen molar-refractivity contribution >= 4 is 116 Å². The van der Waals surface area contributed by atoms with E-state index in [1.54, 1.807) is 0 Å². The lowest BCUT2D eigenvalue weighted by atomic mass is 9.60. The summed E-state index contributed by atoms with van der Waals surface area (Å²) in [7, 11) is 11.4. The smallest absolute Gasteiger partial charge is 0.139 e. The minimum absolute atomic E-state index is 0.593. The molecule has 0 radical (unpaired) electrons. The Morgan fingerprint density at radius 3 is 1.64 bits per heavy atom. The van der Waals surface area contributed by atoms with E-state index < -0.39 is 5.41 Å². The van der Waals surface area contributed by atoms with Gasteiger partial charge in [0.1, 0.15) is 39.2 Å². The van der Waals surface area contributed by atoms with Gasteiger partial charge >= 0.3 is 0 Å². The Morgan fingerprint density at radius 2 is 0.924 bits per heavy atom. The van der Waals surface area contributed by atoms with Gasteiger partial charge in [0.2, 0.25) is 0 Å². The van der Waals surface area contributed by atoms with Gasteiger partial charge in [-0.25, -0.2) is 0 Å². The van der Waals surface area contributed by atoms with Crippen LogP contribution in [0, 0.1) is 0 Å². The SMILES string of the molecule is Bc1c(B)c(B)c(-c2ccc(N(c3ccc4c(c3)c3ccccc3n4-c3ccc4ccccc4c3)c3ccccc3C3(c4ccccc4)c4ccccc4-c4ccccc43)cc2)c(B)c1B. The van der Waals surface area contributed by atoms with Crippen molar-refractivity contribution in [3.05, 3.63) is 235 Å². The van der Waals surface area contributed by atoms with Gasteiger partial charge in [-0.2, -0.15) is 0 Å². The molecule has 66 heavy (non-hydrogen) atoms. The van der Waals surface area contributed by atoms with Crippen LogP contribution in [0.1, 0.15) is 22.3 Å². The van der Waals surface area contributed by atoms with Crippen molar-refractivity contribution in [2.45, 2.75) is 5.41 Å². The van der Waals surface area contributed by atoms with Gasteiger partial charge in [0.15, 0.2) is 0 Å². The summed E-state index contributed by atoms with van der Waals surface area (Å²) in [6.07, 6.45) is 0. The number of benzene rings is 10. The molecule has 0 saturated heterocycles. The highest BCUT2D eigenvalue weighted by atomic mass is 15.1. The lowest BCUT2D eigenvalue weighted by molar-refractivity contribution is 0.768. The normalized spacial score (nSPS) is 12.7. The molecule has 1 aliphatic rings. The quantitative estimate of drug-likeness (QED) is 0.162. The van der Waals surface area contributed by atoms with E-state index in [1.165, 1.54) is 104 Å². The van der Waals surface area contributed by atoms with Gasteiger partial charge in [-0.3, -0.25) is 0 Å². The highest BCUT2D eigenvalue weighted by molar-refractivity contribution is 6.68. The summed E-state index contributed by atoms with van der Waals surface area (Å²) in [6, 6.07) is 79.1. The van der Waals surface area contributed by atoms with E-state index in [9.17, 15) is 0 Å². The van der Waals surface area contributed by atoms with Crippen LogP contribution in [0.5, 0.6) is 0 Å². The summed E-state index contributed by atoms with van der Waals surface area (Å²) in [5.74, 6) is 0. The average molecular weight is 836 g/mol. The molecule has 0 amide bonds. The molecule has 0 N–H and O–H groups in total. The van der Waals surface area contributed by atoms with Crippen molar-refractivity contribution in [3.8, 4) is 27.9 Å². The Hall–Kier alpha value is -7.62. The molecule has 0 spiro atoms. The van der Waals surface area contributed by atoms with Gasteiger partial charge in [0.25, 0.3) is 0 Å². The Morgan fingerprint density at radius 1 is 0.379 bits per heavy atom. The molecule has 1 heterocycles. The molecule has 10 aromatic carbocycles. The first-order valence-corrected chi connectivity index (χ1v) is 23.2. The van der Waals surface area contributed by atoms with Crippen LogP contribution >= 0.6 is 0 Å². The topological polar surface area (TPSA) is 8.17 Å². The molecule has 1 aromatic heterocycles. The van der Waals surface area contributed by atoms with Crippen LogP contribution in [0.2, 0.25) is 0 Å². The number of nitrogens with zero attached hydrogens (tertiary/aromatic N) is 2. The van der Waals surface area contributed by atoms with Crippen molar-refractivity contribution < 1.29 is 0 Å². The Balaban J connectivity index is 1.13. The standard InChI is InChI=1S/C59H45B5N2/c60-54-53(55(61)57(63)58(64)56(54)62)37-27-29-40(30-28-37)65(42-32-33-51-46(35-42)45-20-8-12-24-50(45)66(51)41-31-26-36-14-4-5-15-38(36)34-41)52-25-13-11-23-49(52)59(39-16-2-1-3-17-39)47-21-9-6-18-43(47)44-19-7-10-22-48(44)59/h1-35H,60-64H2.